The van der Waals surface area contributed by atoms with Crippen LogP contribution in [0.15, 0.2) is 6.20 Å². The van der Waals surface area contributed by atoms with Gasteiger partial charge in [-0.15, -0.1) is 0 Å². The van der Waals surface area contributed by atoms with Crippen LogP contribution in [0, 0.1) is 11.3 Å². The van der Waals surface area contributed by atoms with Gasteiger partial charge in [-0.05, 0) is 37.3 Å². The maximum Gasteiger partial charge on any atom is 0.224 e. The smallest absolute Gasteiger partial charge is 0.224 e. The van der Waals surface area contributed by atoms with Crippen LogP contribution < -0.4 is 5.32 Å². The molecule has 0 spiro atoms. The van der Waals surface area contributed by atoms with Gasteiger partial charge in [0.2, 0.25) is 5.28 Å². The second-order valence-electron chi connectivity index (χ2n) is 4.37. The standard InChI is InChI=1S/C12H15ClN4O/c1-18-10-4-2-9(3-5-10)16-11-8(6-14)7-15-12(13)17-11/h7,9-10H,2-5H2,1H3,(H,15,16,17)/t9-,10-. The summed E-state index contributed by atoms with van der Waals surface area (Å²) in [5.41, 5.74) is 0.424. The van der Waals surface area contributed by atoms with Gasteiger partial charge in [-0.1, -0.05) is 0 Å². The Kier molecular flexibility index (Phi) is 4.34. The number of nitrogens with zero attached hydrogens (tertiary/aromatic N) is 3. The van der Waals surface area contributed by atoms with Crippen molar-refractivity contribution >= 4 is 17.4 Å². The molecular formula is C12H15ClN4O. The average Bonchev–Trinajstić information content (AvgIpc) is 2.40. The zero-order valence-corrected chi connectivity index (χ0v) is 10.9. The predicted molar refractivity (Wildman–Crippen MR) is 68.4 cm³/mol. The highest BCUT2D eigenvalue weighted by atomic mass is 35.5. The van der Waals surface area contributed by atoms with Crippen LogP contribution in [0.1, 0.15) is 31.2 Å². The molecule has 96 valence electrons. The summed E-state index contributed by atoms with van der Waals surface area (Å²) < 4.78 is 5.33. The first kappa shape index (κ1) is 13.1. The number of anilines is 1. The van der Waals surface area contributed by atoms with Crippen molar-refractivity contribution in [3.63, 3.8) is 0 Å². The average molecular weight is 267 g/mol. The van der Waals surface area contributed by atoms with Gasteiger partial charge in [0.1, 0.15) is 17.5 Å². The summed E-state index contributed by atoms with van der Waals surface area (Å²) in [6.07, 6.45) is 5.85. The fraction of sp³-hybridized carbons (Fsp3) is 0.583. The van der Waals surface area contributed by atoms with E-state index in [-0.39, 0.29) is 5.28 Å². The van der Waals surface area contributed by atoms with Gasteiger partial charge in [0.25, 0.3) is 0 Å². The summed E-state index contributed by atoms with van der Waals surface area (Å²) in [7, 11) is 1.75. The van der Waals surface area contributed by atoms with Gasteiger partial charge < -0.3 is 10.1 Å². The molecule has 1 aliphatic rings. The highest BCUT2D eigenvalue weighted by molar-refractivity contribution is 6.28. The number of hydrogen-bond donors (Lipinski definition) is 1. The van der Waals surface area contributed by atoms with Crippen molar-refractivity contribution in [1.82, 2.24) is 9.97 Å². The van der Waals surface area contributed by atoms with Gasteiger partial charge in [0.15, 0.2) is 0 Å². The van der Waals surface area contributed by atoms with Crippen molar-refractivity contribution in [2.45, 2.75) is 37.8 Å². The lowest BCUT2D eigenvalue weighted by molar-refractivity contribution is 0.0681. The number of nitrogens with one attached hydrogen (secondary N) is 1. The number of rotatable bonds is 3. The summed E-state index contributed by atoms with van der Waals surface area (Å²) in [5, 5.41) is 12.4. The van der Waals surface area contributed by atoms with E-state index in [0.717, 1.165) is 25.7 Å². The van der Waals surface area contributed by atoms with E-state index in [1.165, 1.54) is 6.20 Å². The molecule has 0 aliphatic heterocycles. The summed E-state index contributed by atoms with van der Waals surface area (Å²) in [6, 6.07) is 2.38. The Balaban J connectivity index is 2.02. The lowest BCUT2D eigenvalue weighted by Gasteiger charge is -2.28. The highest BCUT2D eigenvalue weighted by Gasteiger charge is 2.21. The second kappa shape index (κ2) is 5.98. The molecule has 0 radical (unpaired) electrons. The van der Waals surface area contributed by atoms with Crippen LogP contribution in [0.25, 0.3) is 0 Å². The summed E-state index contributed by atoms with van der Waals surface area (Å²) in [4.78, 5) is 7.87. The third-order valence-corrected chi connectivity index (χ3v) is 3.41. The fourth-order valence-corrected chi connectivity index (χ4v) is 2.32. The summed E-state index contributed by atoms with van der Waals surface area (Å²) >= 11 is 5.75. The van der Waals surface area contributed by atoms with Crippen LogP contribution in [0.2, 0.25) is 5.28 Å². The molecule has 1 fully saturated rings. The normalized spacial score (nSPS) is 23.4. The van der Waals surface area contributed by atoms with Crippen LogP contribution in [-0.2, 0) is 4.74 Å². The zero-order chi connectivity index (χ0) is 13.0. The molecule has 1 saturated carbocycles. The molecule has 0 unspecified atom stereocenters. The number of methoxy groups -OCH3 is 1. The predicted octanol–water partition coefficient (Wildman–Crippen LogP) is 2.37. The molecule has 6 heteroatoms. The number of nitriles is 1. The largest absolute Gasteiger partial charge is 0.381 e. The lowest BCUT2D eigenvalue weighted by Crippen LogP contribution is -2.29. The van der Waals surface area contributed by atoms with Crippen LogP contribution in [0.3, 0.4) is 0 Å². The Bertz CT molecular complexity index is 452. The van der Waals surface area contributed by atoms with E-state index in [1.807, 2.05) is 0 Å². The minimum atomic E-state index is 0.155. The van der Waals surface area contributed by atoms with Gasteiger partial charge in [-0.3, -0.25) is 0 Å². The maximum absolute atomic E-state index is 8.99. The third-order valence-electron chi connectivity index (χ3n) is 3.23. The molecule has 18 heavy (non-hydrogen) atoms. The number of ether oxygens (including phenoxy) is 1. The molecule has 1 N–H and O–H groups in total. The Hall–Kier alpha value is -1.38. The highest BCUT2D eigenvalue weighted by Crippen LogP contribution is 2.24. The van der Waals surface area contributed by atoms with Gasteiger partial charge in [-0.25, -0.2) is 4.98 Å². The molecule has 1 heterocycles. The minimum Gasteiger partial charge on any atom is -0.381 e. The van der Waals surface area contributed by atoms with Crippen LogP contribution >= 0.6 is 11.6 Å². The first-order valence-corrected chi connectivity index (χ1v) is 6.32. The molecule has 1 aliphatic carbocycles. The Labute approximate surface area is 111 Å². The van der Waals surface area contributed by atoms with Gasteiger partial charge >= 0.3 is 0 Å². The summed E-state index contributed by atoms with van der Waals surface area (Å²) in [6.45, 7) is 0. The van der Waals surface area contributed by atoms with Crippen LogP contribution in [0.5, 0.6) is 0 Å². The maximum atomic E-state index is 8.99. The molecule has 1 aromatic heterocycles. The van der Waals surface area contributed by atoms with Crippen molar-refractivity contribution in [1.29, 1.82) is 5.26 Å². The van der Waals surface area contributed by atoms with E-state index in [0.29, 0.717) is 23.5 Å². The molecule has 0 saturated heterocycles. The number of aromatic nitrogens is 2. The van der Waals surface area contributed by atoms with E-state index in [2.05, 4.69) is 21.4 Å². The third kappa shape index (κ3) is 3.09. The van der Waals surface area contributed by atoms with E-state index in [4.69, 9.17) is 21.6 Å². The van der Waals surface area contributed by atoms with E-state index in [1.54, 1.807) is 7.11 Å². The van der Waals surface area contributed by atoms with Gasteiger partial charge in [-0.2, -0.15) is 10.2 Å². The van der Waals surface area contributed by atoms with Crippen LogP contribution in [-0.4, -0.2) is 29.2 Å². The van der Waals surface area contributed by atoms with Crippen molar-refractivity contribution in [3.05, 3.63) is 17.0 Å². The topological polar surface area (TPSA) is 70.8 Å². The lowest BCUT2D eigenvalue weighted by atomic mass is 9.93. The Morgan fingerprint density at radius 2 is 2.17 bits per heavy atom. The summed E-state index contributed by atoms with van der Waals surface area (Å²) in [5.74, 6) is 0.526. The number of hydrogen-bond acceptors (Lipinski definition) is 5. The van der Waals surface area contributed by atoms with E-state index < -0.39 is 0 Å². The van der Waals surface area contributed by atoms with E-state index >= 15 is 0 Å². The Morgan fingerprint density at radius 1 is 1.44 bits per heavy atom. The monoisotopic (exact) mass is 266 g/mol. The van der Waals surface area contributed by atoms with Crippen molar-refractivity contribution in [2.75, 3.05) is 12.4 Å². The first-order chi connectivity index (χ1) is 8.72. The molecule has 2 rings (SSSR count). The molecule has 5 nitrogen and oxygen atoms in total. The molecule has 1 aromatic rings. The molecule has 0 atom stereocenters. The quantitative estimate of drug-likeness (QED) is 0.851. The zero-order valence-electron chi connectivity index (χ0n) is 10.2. The minimum absolute atomic E-state index is 0.155. The molecule has 0 bridgehead atoms. The Morgan fingerprint density at radius 3 is 2.78 bits per heavy atom. The fourth-order valence-electron chi connectivity index (χ4n) is 2.19. The van der Waals surface area contributed by atoms with Crippen LogP contribution in [0.4, 0.5) is 5.82 Å². The van der Waals surface area contributed by atoms with Crippen molar-refractivity contribution < 1.29 is 4.74 Å². The second-order valence-corrected chi connectivity index (χ2v) is 4.70. The molecular weight excluding hydrogens is 252 g/mol. The number of halogens is 1. The van der Waals surface area contributed by atoms with E-state index in [9.17, 15) is 0 Å². The molecule has 0 aromatic carbocycles. The first-order valence-electron chi connectivity index (χ1n) is 5.95. The SMILES string of the molecule is CO[C@H]1CC[C@H](Nc2nc(Cl)ncc2C#N)CC1. The van der Waals surface area contributed by atoms with Gasteiger partial charge in [0.05, 0.1) is 12.3 Å². The van der Waals surface area contributed by atoms with Crippen molar-refractivity contribution in [3.8, 4) is 6.07 Å². The van der Waals surface area contributed by atoms with Crippen molar-refractivity contribution in [2.24, 2.45) is 0 Å². The molecule has 0 amide bonds. The van der Waals surface area contributed by atoms with Gasteiger partial charge in [0, 0.05) is 13.2 Å².